The van der Waals surface area contributed by atoms with Gasteiger partial charge in [-0.25, -0.2) is 4.79 Å². The molecular formula is C17H21N3O3. The van der Waals surface area contributed by atoms with Crippen LogP contribution in [-0.2, 0) is 11.3 Å². The van der Waals surface area contributed by atoms with Crippen molar-refractivity contribution in [3.05, 3.63) is 45.1 Å². The molecule has 1 aromatic heterocycles. The Morgan fingerprint density at radius 2 is 1.74 bits per heavy atom. The molecule has 1 aromatic carbocycles. The van der Waals surface area contributed by atoms with Crippen molar-refractivity contribution in [1.29, 1.82) is 0 Å². The van der Waals surface area contributed by atoms with Crippen LogP contribution in [0, 0.1) is 0 Å². The molecule has 0 unspecified atom stereocenters. The Labute approximate surface area is 133 Å². The SMILES string of the molecule is O=C(CCn1c(=O)[nH]c2ccccc2c1=O)N1CCCCCC1. The van der Waals surface area contributed by atoms with E-state index < -0.39 is 5.69 Å². The second kappa shape index (κ2) is 6.81. The fraction of sp³-hybridized carbons (Fsp3) is 0.471. The lowest BCUT2D eigenvalue weighted by Crippen LogP contribution is -2.38. The molecule has 1 aliphatic rings. The second-order valence-electron chi connectivity index (χ2n) is 5.98. The van der Waals surface area contributed by atoms with E-state index in [-0.39, 0.29) is 24.4 Å². The minimum Gasteiger partial charge on any atom is -0.343 e. The van der Waals surface area contributed by atoms with Gasteiger partial charge in [-0.05, 0) is 25.0 Å². The van der Waals surface area contributed by atoms with Gasteiger partial charge in [0, 0.05) is 26.1 Å². The number of para-hydroxylation sites is 1. The Morgan fingerprint density at radius 1 is 1.04 bits per heavy atom. The molecule has 1 amide bonds. The number of nitrogens with zero attached hydrogens (tertiary/aromatic N) is 2. The van der Waals surface area contributed by atoms with Gasteiger partial charge in [-0.1, -0.05) is 25.0 Å². The predicted octanol–water partition coefficient (Wildman–Crippen LogP) is 1.48. The average molecular weight is 315 g/mol. The van der Waals surface area contributed by atoms with E-state index in [1.807, 2.05) is 4.90 Å². The number of fused-ring (bicyclic) bond motifs is 1. The van der Waals surface area contributed by atoms with E-state index in [0.717, 1.165) is 43.3 Å². The summed E-state index contributed by atoms with van der Waals surface area (Å²) in [6.07, 6.45) is 4.56. The molecule has 0 atom stereocenters. The van der Waals surface area contributed by atoms with Gasteiger partial charge in [0.2, 0.25) is 5.91 Å². The first kappa shape index (κ1) is 15.5. The molecule has 23 heavy (non-hydrogen) atoms. The second-order valence-corrected chi connectivity index (χ2v) is 5.98. The molecule has 2 heterocycles. The maximum atomic E-state index is 12.4. The molecule has 0 radical (unpaired) electrons. The number of carbonyl (C=O) groups excluding carboxylic acids is 1. The average Bonchev–Trinajstić information content (AvgIpc) is 2.84. The molecule has 122 valence electrons. The zero-order valence-electron chi connectivity index (χ0n) is 13.1. The van der Waals surface area contributed by atoms with Crippen LogP contribution < -0.4 is 11.2 Å². The van der Waals surface area contributed by atoms with Crippen molar-refractivity contribution in [1.82, 2.24) is 14.5 Å². The number of amides is 1. The fourth-order valence-electron chi connectivity index (χ4n) is 3.09. The van der Waals surface area contributed by atoms with E-state index in [4.69, 9.17) is 0 Å². The lowest BCUT2D eigenvalue weighted by Gasteiger charge is -2.20. The summed E-state index contributed by atoms with van der Waals surface area (Å²) in [5.74, 6) is 0.0198. The number of nitrogens with one attached hydrogen (secondary N) is 1. The van der Waals surface area contributed by atoms with E-state index in [2.05, 4.69) is 4.98 Å². The molecule has 1 aliphatic heterocycles. The third-order valence-corrected chi connectivity index (χ3v) is 4.40. The summed E-state index contributed by atoms with van der Waals surface area (Å²) in [4.78, 5) is 41.3. The number of likely N-dealkylation sites (tertiary alicyclic amines) is 1. The normalized spacial score (nSPS) is 15.6. The van der Waals surface area contributed by atoms with Crippen molar-refractivity contribution in [2.45, 2.75) is 38.6 Å². The van der Waals surface area contributed by atoms with Gasteiger partial charge in [0.05, 0.1) is 10.9 Å². The first-order valence-electron chi connectivity index (χ1n) is 8.16. The molecule has 0 spiro atoms. The molecule has 6 heteroatoms. The van der Waals surface area contributed by atoms with Crippen molar-refractivity contribution < 1.29 is 4.79 Å². The van der Waals surface area contributed by atoms with E-state index in [9.17, 15) is 14.4 Å². The van der Waals surface area contributed by atoms with Crippen LogP contribution in [0.1, 0.15) is 32.1 Å². The number of benzene rings is 1. The van der Waals surface area contributed by atoms with Crippen molar-refractivity contribution in [3.63, 3.8) is 0 Å². The highest BCUT2D eigenvalue weighted by Crippen LogP contribution is 2.11. The van der Waals surface area contributed by atoms with Crippen LogP contribution in [0.5, 0.6) is 0 Å². The Kier molecular flexibility index (Phi) is 4.60. The molecular weight excluding hydrogens is 294 g/mol. The Balaban J connectivity index is 1.78. The van der Waals surface area contributed by atoms with Gasteiger partial charge < -0.3 is 9.88 Å². The van der Waals surface area contributed by atoms with Gasteiger partial charge in [-0.3, -0.25) is 14.2 Å². The summed E-state index contributed by atoms with van der Waals surface area (Å²) >= 11 is 0. The minimum absolute atomic E-state index is 0.0198. The summed E-state index contributed by atoms with van der Waals surface area (Å²) in [5.41, 5.74) is -0.275. The van der Waals surface area contributed by atoms with Gasteiger partial charge >= 0.3 is 5.69 Å². The molecule has 0 aliphatic carbocycles. The molecule has 6 nitrogen and oxygen atoms in total. The fourth-order valence-corrected chi connectivity index (χ4v) is 3.09. The van der Waals surface area contributed by atoms with Gasteiger partial charge in [0.15, 0.2) is 0 Å². The first-order chi connectivity index (χ1) is 11.2. The standard InChI is InChI=1S/C17H21N3O3/c21-15(19-10-5-1-2-6-11-19)9-12-20-16(22)13-7-3-4-8-14(13)18-17(20)23/h3-4,7-8H,1-2,5-6,9-12H2,(H,18,23). The summed E-state index contributed by atoms with van der Waals surface area (Å²) in [7, 11) is 0. The van der Waals surface area contributed by atoms with Crippen LogP contribution in [0.25, 0.3) is 10.9 Å². The Bertz CT molecular complexity index is 814. The molecule has 1 saturated heterocycles. The molecule has 0 bridgehead atoms. The van der Waals surface area contributed by atoms with Crippen molar-refractivity contribution in [3.8, 4) is 0 Å². The molecule has 0 saturated carbocycles. The van der Waals surface area contributed by atoms with Crippen molar-refractivity contribution >= 4 is 16.8 Å². The number of aromatic amines is 1. The van der Waals surface area contributed by atoms with E-state index in [1.54, 1.807) is 24.3 Å². The van der Waals surface area contributed by atoms with Gasteiger partial charge in [-0.15, -0.1) is 0 Å². The van der Waals surface area contributed by atoms with Gasteiger partial charge in [0.25, 0.3) is 5.56 Å². The van der Waals surface area contributed by atoms with Gasteiger partial charge in [-0.2, -0.15) is 0 Å². The summed E-state index contributed by atoms with van der Waals surface area (Å²) < 4.78 is 1.12. The summed E-state index contributed by atoms with van der Waals surface area (Å²) in [6, 6.07) is 6.91. The Hall–Kier alpha value is -2.37. The number of hydrogen-bond acceptors (Lipinski definition) is 3. The first-order valence-corrected chi connectivity index (χ1v) is 8.16. The van der Waals surface area contributed by atoms with Crippen LogP contribution in [0.4, 0.5) is 0 Å². The zero-order valence-corrected chi connectivity index (χ0v) is 13.1. The maximum absolute atomic E-state index is 12.4. The molecule has 2 aromatic rings. The highest BCUT2D eigenvalue weighted by molar-refractivity contribution is 5.77. The lowest BCUT2D eigenvalue weighted by molar-refractivity contribution is -0.131. The highest BCUT2D eigenvalue weighted by Gasteiger charge is 2.16. The number of hydrogen-bond donors (Lipinski definition) is 1. The van der Waals surface area contributed by atoms with E-state index in [1.165, 1.54) is 0 Å². The summed E-state index contributed by atoms with van der Waals surface area (Å²) in [5, 5.41) is 0.467. The van der Waals surface area contributed by atoms with E-state index in [0.29, 0.717) is 10.9 Å². The van der Waals surface area contributed by atoms with Crippen LogP contribution in [0.2, 0.25) is 0 Å². The number of carbonyl (C=O) groups is 1. The predicted molar refractivity (Wildman–Crippen MR) is 88.5 cm³/mol. The monoisotopic (exact) mass is 315 g/mol. The third-order valence-electron chi connectivity index (χ3n) is 4.40. The van der Waals surface area contributed by atoms with Crippen LogP contribution in [-0.4, -0.2) is 33.4 Å². The van der Waals surface area contributed by atoms with Crippen molar-refractivity contribution in [2.75, 3.05) is 13.1 Å². The topological polar surface area (TPSA) is 75.2 Å². The molecule has 1 N–H and O–H groups in total. The maximum Gasteiger partial charge on any atom is 0.328 e. The minimum atomic E-state index is -0.461. The van der Waals surface area contributed by atoms with E-state index >= 15 is 0 Å². The smallest absolute Gasteiger partial charge is 0.328 e. The Morgan fingerprint density at radius 3 is 2.48 bits per heavy atom. The largest absolute Gasteiger partial charge is 0.343 e. The third kappa shape index (κ3) is 3.36. The van der Waals surface area contributed by atoms with Gasteiger partial charge in [0.1, 0.15) is 0 Å². The number of aromatic nitrogens is 2. The highest BCUT2D eigenvalue weighted by atomic mass is 16.2. The molecule has 1 fully saturated rings. The van der Waals surface area contributed by atoms with Crippen LogP contribution >= 0.6 is 0 Å². The van der Waals surface area contributed by atoms with Crippen LogP contribution in [0.3, 0.4) is 0 Å². The summed E-state index contributed by atoms with van der Waals surface area (Å²) in [6.45, 7) is 1.68. The number of rotatable bonds is 3. The zero-order chi connectivity index (χ0) is 16.2. The quantitative estimate of drug-likeness (QED) is 0.932. The van der Waals surface area contributed by atoms with Crippen molar-refractivity contribution in [2.24, 2.45) is 0 Å². The van der Waals surface area contributed by atoms with Crippen LogP contribution in [0.15, 0.2) is 33.9 Å². The molecule has 3 rings (SSSR count). The number of H-pyrrole nitrogens is 1. The lowest BCUT2D eigenvalue weighted by atomic mass is 10.2.